The smallest absolute Gasteiger partial charge is 0.268 e. The summed E-state index contributed by atoms with van der Waals surface area (Å²) in [4.78, 5) is 14.8. The van der Waals surface area contributed by atoms with Gasteiger partial charge in [-0.2, -0.15) is 0 Å². The summed E-state index contributed by atoms with van der Waals surface area (Å²) in [6.45, 7) is 0.493. The number of carbonyl (C=O) groups is 1. The van der Waals surface area contributed by atoms with Crippen LogP contribution in [-0.2, 0) is 0 Å². The predicted molar refractivity (Wildman–Crippen MR) is 70.8 cm³/mol. The van der Waals surface area contributed by atoms with Crippen LogP contribution in [0.2, 0.25) is 5.02 Å². The summed E-state index contributed by atoms with van der Waals surface area (Å²) in [5.41, 5.74) is 6.03. The summed E-state index contributed by atoms with van der Waals surface area (Å²) < 4.78 is 0. The minimum Gasteiger partial charge on any atom is -0.356 e. The molecule has 0 spiro atoms. The molecule has 6 heteroatoms. The molecule has 0 unspecified atom stereocenters. The number of halogens is 2. The Balaban J connectivity index is 0.00000144. The highest BCUT2D eigenvalue weighted by molar-refractivity contribution is 6.30. The molecule has 1 fully saturated rings. The van der Waals surface area contributed by atoms with Gasteiger partial charge in [0.05, 0.1) is 10.6 Å². The molecule has 0 aromatic carbocycles. The number of aromatic nitrogens is 1. The van der Waals surface area contributed by atoms with Gasteiger partial charge in [-0.25, -0.2) is 0 Å². The third-order valence-electron chi connectivity index (χ3n) is 3.22. The van der Waals surface area contributed by atoms with Gasteiger partial charge in [0.15, 0.2) is 0 Å². The summed E-state index contributed by atoms with van der Waals surface area (Å²) in [7, 11) is 0. The van der Waals surface area contributed by atoms with Crippen molar-refractivity contribution >= 4 is 29.9 Å². The van der Waals surface area contributed by atoms with Crippen molar-refractivity contribution in [1.29, 1.82) is 0 Å². The standard InChI is InChI=1S/C11H16ClN3O.ClH/c12-8-5-9(14-6-8)10(16)15-11(7-13)3-1-2-4-11;/h5-6,14H,1-4,7,13H2,(H,15,16);1H. The van der Waals surface area contributed by atoms with E-state index in [2.05, 4.69) is 10.3 Å². The molecule has 0 saturated heterocycles. The molecule has 1 aliphatic rings. The molecule has 1 aromatic heterocycles. The molecule has 1 heterocycles. The van der Waals surface area contributed by atoms with E-state index >= 15 is 0 Å². The normalized spacial score (nSPS) is 17.5. The molecule has 0 radical (unpaired) electrons. The zero-order valence-corrected chi connectivity index (χ0v) is 11.0. The first kappa shape index (κ1) is 14.4. The van der Waals surface area contributed by atoms with Gasteiger partial charge in [-0.05, 0) is 18.9 Å². The number of H-pyrrole nitrogens is 1. The summed E-state index contributed by atoms with van der Waals surface area (Å²) in [5.74, 6) is -0.126. The van der Waals surface area contributed by atoms with Crippen LogP contribution in [0.3, 0.4) is 0 Å². The molecule has 4 nitrogen and oxygen atoms in total. The van der Waals surface area contributed by atoms with Crippen LogP contribution in [0, 0.1) is 0 Å². The molecule has 0 aliphatic heterocycles. The van der Waals surface area contributed by atoms with Gasteiger partial charge in [0.25, 0.3) is 5.91 Å². The molecule has 4 N–H and O–H groups in total. The lowest BCUT2D eigenvalue weighted by Crippen LogP contribution is -2.51. The molecule has 1 aliphatic carbocycles. The molecule has 2 rings (SSSR count). The Morgan fingerprint density at radius 1 is 1.53 bits per heavy atom. The maximum Gasteiger partial charge on any atom is 0.268 e. The van der Waals surface area contributed by atoms with Gasteiger partial charge < -0.3 is 16.0 Å². The van der Waals surface area contributed by atoms with Crippen LogP contribution in [-0.4, -0.2) is 23.0 Å². The highest BCUT2D eigenvalue weighted by atomic mass is 35.5. The second-order valence-corrected chi connectivity index (χ2v) is 4.81. The van der Waals surface area contributed by atoms with E-state index in [0.717, 1.165) is 25.7 Å². The van der Waals surface area contributed by atoms with Crippen LogP contribution in [0.4, 0.5) is 0 Å². The minimum absolute atomic E-state index is 0. The van der Waals surface area contributed by atoms with E-state index in [1.165, 1.54) is 0 Å². The fourth-order valence-corrected chi connectivity index (χ4v) is 2.40. The fraction of sp³-hybridized carbons (Fsp3) is 0.545. The SMILES string of the molecule is Cl.NCC1(NC(=O)c2cc(Cl)c[nH]2)CCCC1. The average molecular weight is 278 g/mol. The molecule has 1 saturated carbocycles. The van der Waals surface area contributed by atoms with Gasteiger partial charge in [0.2, 0.25) is 0 Å². The van der Waals surface area contributed by atoms with Gasteiger partial charge in [-0.15, -0.1) is 12.4 Å². The summed E-state index contributed by atoms with van der Waals surface area (Å²) in [6, 6.07) is 1.62. The Kier molecular flexibility index (Phi) is 4.86. The molecule has 96 valence electrons. The molecule has 0 atom stereocenters. The van der Waals surface area contributed by atoms with E-state index in [-0.39, 0.29) is 23.9 Å². The molecular weight excluding hydrogens is 261 g/mol. The van der Waals surface area contributed by atoms with Gasteiger partial charge >= 0.3 is 0 Å². The first-order chi connectivity index (χ1) is 7.65. The van der Waals surface area contributed by atoms with Crippen molar-refractivity contribution in [3.63, 3.8) is 0 Å². The number of amides is 1. The van der Waals surface area contributed by atoms with Crippen LogP contribution >= 0.6 is 24.0 Å². The van der Waals surface area contributed by atoms with Crippen LogP contribution < -0.4 is 11.1 Å². The first-order valence-electron chi connectivity index (χ1n) is 5.52. The fourth-order valence-electron chi connectivity index (χ4n) is 2.24. The first-order valence-corrected chi connectivity index (χ1v) is 5.89. The number of rotatable bonds is 3. The van der Waals surface area contributed by atoms with Crippen LogP contribution in [0.5, 0.6) is 0 Å². The second kappa shape index (κ2) is 5.76. The van der Waals surface area contributed by atoms with Crippen molar-refractivity contribution in [1.82, 2.24) is 10.3 Å². The van der Waals surface area contributed by atoms with Crippen LogP contribution in [0.1, 0.15) is 36.2 Å². The van der Waals surface area contributed by atoms with Crippen molar-refractivity contribution in [2.45, 2.75) is 31.2 Å². The lowest BCUT2D eigenvalue weighted by atomic mass is 9.97. The third-order valence-corrected chi connectivity index (χ3v) is 3.44. The predicted octanol–water partition coefficient (Wildman–Crippen LogP) is 2.09. The van der Waals surface area contributed by atoms with Crippen molar-refractivity contribution < 1.29 is 4.79 Å². The summed E-state index contributed by atoms with van der Waals surface area (Å²) in [5, 5.41) is 3.56. The Hall–Kier alpha value is -0.710. The topological polar surface area (TPSA) is 70.9 Å². The molecule has 17 heavy (non-hydrogen) atoms. The zero-order valence-electron chi connectivity index (χ0n) is 9.46. The number of hydrogen-bond donors (Lipinski definition) is 3. The van der Waals surface area contributed by atoms with Gasteiger partial charge in [0, 0.05) is 12.7 Å². The lowest BCUT2D eigenvalue weighted by molar-refractivity contribution is 0.0898. The molecule has 0 bridgehead atoms. The van der Waals surface area contributed by atoms with Crippen molar-refractivity contribution in [3.8, 4) is 0 Å². The van der Waals surface area contributed by atoms with E-state index in [9.17, 15) is 4.79 Å². The Bertz CT molecular complexity index is 386. The van der Waals surface area contributed by atoms with Gasteiger partial charge in [-0.3, -0.25) is 4.79 Å². The molecule has 1 amide bonds. The monoisotopic (exact) mass is 277 g/mol. The largest absolute Gasteiger partial charge is 0.356 e. The minimum atomic E-state index is -0.214. The Morgan fingerprint density at radius 3 is 2.65 bits per heavy atom. The van der Waals surface area contributed by atoms with Crippen LogP contribution in [0.25, 0.3) is 0 Å². The van der Waals surface area contributed by atoms with Gasteiger partial charge in [-0.1, -0.05) is 24.4 Å². The summed E-state index contributed by atoms with van der Waals surface area (Å²) in [6.07, 6.45) is 5.78. The van der Waals surface area contributed by atoms with Crippen molar-refractivity contribution in [2.24, 2.45) is 5.73 Å². The van der Waals surface area contributed by atoms with E-state index in [1.807, 2.05) is 0 Å². The third kappa shape index (κ3) is 3.15. The number of nitrogens with two attached hydrogens (primary N) is 1. The number of aromatic amines is 1. The quantitative estimate of drug-likeness (QED) is 0.792. The van der Waals surface area contributed by atoms with Crippen molar-refractivity contribution in [3.05, 3.63) is 23.0 Å². The van der Waals surface area contributed by atoms with Gasteiger partial charge in [0.1, 0.15) is 5.69 Å². The Morgan fingerprint density at radius 2 is 2.18 bits per heavy atom. The van der Waals surface area contributed by atoms with E-state index < -0.39 is 0 Å². The van der Waals surface area contributed by atoms with E-state index in [1.54, 1.807) is 12.3 Å². The zero-order chi connectivity index (χ0) is 11.6. The average Bonchev–Trinajstić information content (AvgIpc) is 2.88. The second-order valence-electron chi connectivity index (χ2n) is 4.38. The number of nitrogens with one attached hydrogen (secondary N) is 2. The van der Waals surface area contributed by atoms with Crippen molar-refractivity contribution in [2.75, 3.05) is 6.54 Å². The summed E-state index contributed by atoms with van der Waals surface area (Å²) >= 11 is 5.75. The van der Waals surface area contributed by atoms with E-state index in [0.29, 0.717) is 17.3 Å². The number of hydrogen-bond acceptors (Lipinski definition) is 2. The highest BCUT2D eigenvalue weighted by Crippen LogP contribution is 2.28. The maximum absolute atomic E-state index is 11.9. The lowest BCUT2D eigenvalue weighted by Gasteiger charge is -2.28. The highest BCUT2D eigenvalue weighted by Gasteiger charge is 2.34. The van der Waals surface area contributed by atoms with E-state index in [4.69, 9.17) is 17.3 Å². The Labute approximate surface area is 112 Å². The molecule has 1 aromatic rings. The maximum atomic E-state index is 11.9. The number of carbonyl (C=O) groups excluding carboxylic acids is 1. The molecular formula is C11H17Cl2N3O. The van der Waals surface area contributed by atoms with Crippen LogP contribution in [0.15, 0.2) is 12.3 Å².